The first-order valence-electron chi connectivity index (χ1n) is 14.9. The van der Waals surface area contributed by atoms with Crippen molar-refractivity contribution >= 4 is 35.3 Å². The van der Waals surface area contributed by atoms with Gasteiger partial charge in [-0.05, 0) is 51.9 Å². The highest BCUT2D eigenvalue weighted by Crippen LogP contribution is 2.49. The van der Waals surface area contributed by atoms with Crippen molar-refractivity contribution in [2.24, 2.45) is 5.92 Å². The van der Waals surface area contributed by atoms with Crippen LogP contribution in [-0.4, -0.2) is 93.2 Å². The number of halogens is 1. The number of nitrogens with zero attached hydrogens (tertiary/aromatic N) is 1. The Kier molecular flexibility index (Phi) is 10.6. The van der Waals surface area contributed by atoms with Crippen LogP contribution in [-0.2, 0) is 35.0 Å². The van der Waals surface area contributed by atoms with Crippen molar-refractivity contribution in [3.8, 4) is 5.75 Å². The lowest BCUT2D eigenvalue weighted by Gasteiger charge is -2.42. The molecule has 4 rings (SSSR count). The maximum Gasteiger partial charge on any atom is 0.409 e. The van der Waals surface area contributed by atoms with Gasteiger partial charge in [0.25, 0.3) is 0 Å². The van der Waals surface area contributed by atoms with Crippen LogP contribution in [0.15, 0.2) is 35.9 Å². The second kappa shape index (κ2) is 13.7. The number of hydrogen-bond acceptors (Lipinski definition) is 10. The maximum atomic E-state index is 13.8. The fourth-order valence-corrected chi connectivity index (χ4v) is 6.28. The Morgan fingerprint density at radius 1 is 1.29 bits per heavy atom. The molecule has 3 aliphatic heterocycles. The molecule has 0 radical (unpaired) electrons. The third kappa shape index (κ3) is 7.30. The molecule has 1 aromatic carbocycles. The summed E-state index contributed by atoms with van der Waals surface area (Å²) in [5, 5.41) is 17.2. The Bertz CT molecular complexity index is 1370. The number of benzene rings is 1. The van der Waals surface area contributed by atoms with Gasteiger partial charge in [0.15, 0.2) is 5.72 Å². The van der Waals surface area contributed by atoms with Crippen LogP contribution in [0.5, 0.6) is 5.75 Å². The van der Waals surface area contributed by atoms with Crippen molar-refractivity contribution < 1.29 is 43.2 Å². The molecule has 3 heterocycles. The Morgan fingerprint density at radius 2 is 2.00 bits per heavy atom. The number of aliphatic hydroxyl groups is 1. The van der Waals surface area contributed by atoms with Crippen molar-refractivity contribution in [3.05, 3.63) is 46.5 Å². The highest BCUT2D eigenvalue weighted by molar-refractivity contribution is 6.35. The van der Waals surface area contributed by atoms with Crippen LogP contribution in [0.1, 0.15) is 46.1 Å². The summed E-state index contributed by atoms with van der Waals surface area (Å²) in [4.78, 5) is 40.9. The summed E-state index contributed by atoms with van der Waals surface area (Å²) in [6.45, 7) is 7.17. The van der Waals surface area contributed by atoms with Gasteiger partial charge >= 0.3 is 12.1 Å². The van der Waals surface area contributed by atoms with Gasteiger partial charge in [-0.15, -0.1) is 0 Å². The molecule has 2 saturated heterocycles. The number of fused-ring (bicyclic) bond motifs is 5. The highest BCUT2D eigenvalue weighted by atomic mass is 35.5. The first-order valence-corrected chi connectivity index (χ1v) is 15.3. The molecule has 3 unspecified atom stereocenters. The van der Waals surface area contributed by atoms with Gasteiger partial charge in [-0.25, -0.2) is 4.79 Å². The van der Waals surface area contributed by atoms with Crippen molar-refractivity contribution in [3.63, 3.8) is 0 Å². The van der Waals surface area contributed by atoms with Gasteiger partial charge in [-0.2, -0.15) is 0 Å². The van der Waals surface area contributed by atoms with Crippen LogP contribution in [0.25, 0.3) is 0 Å². The molecule has 8 atom stereocenters. The van der Waals surface area contributed by atoms with Gasteiger partial charge in [-0.3, -0.25) is 14.9 Å². The summed E-state index contributed by atoms with van der Waals surface area (Å²) < 4.78 is 28.8. The topological polar surface area (TPSA) is 148 Å². The third-order valence-corrected chi connectivity index (χ3v) is 9.38. The van der Waals surface area contributed by atoms with Crippen LogP contribution in [0.2, 0.25) is 5.02 Å². The Hall–Kier alpha value is -3.16. The molecule has 13 heteroatoms. The predicted octanol–water partition coefficient (Wildman–Crippen LogP) is 3.28. The SMILES string of the molecule is CN[C@@H](C)C(=O)O[C@H]1CC(=O)N(C)c2cc(cc(OC)c2Cl)C/C(C)=C/C=C/[C@@H](OC)[C@@]2(O)CC(OC(=O)N2)[C@@H](C)C2OC21C. The van der Waals surface area contributed by atoms with Crippen molar-refractivity contribution in [1.82, 2.24) is 10.6 Å². The number of allylic oxidation sites excluding steroid dienone is 3. The lowest BCUT2D eigenvalue weighted by Crippen LogP contribution is -2.63. The van der Waals surface area contributed by atoms with Gasteiger partial charge in [-0.1, -0.05) is 42.3 Å². The number of rotatable bonds is 5. The van der Waals surface area contributed by atoms with E-state index in [1.165, 1.54) is 19.1 Å². The largest absolute Gasteiger partial charge is 0.495 e. The van der Waals surface area contributed by atoms with Crippen molar-refractivity contribution in [2.75, 3.05) is 33.2 Å². The summed E-state index contributed by atoms with van der Waals surface area (Å²) in [5.41, 5.74) is -0.646. The molecule has 3 N–H and O–H groups in total. The summed E-state index contributed by atoms with van der Waals surface area (Å²) in [7, 11) is 6.18. The number of esters is 1. The second-order valence-corrected chi connectivity index (χ2v) is 12.6. The highest BCUT2D eigenvalue weighted by Gasteiger charge is 2.64. The van der Waals surface area contributed by atoms with E-state index in [1.807, 2.05) is 26.0 Å². The normalized spacial score (nSPS) is 34.8. The Labute approximate surface area is 269 Å². The quantitative estimate of drug-likeness (QED) is 0.321. The molecule has 3 aliphatic rings. The molecule has 1 aromatic rings. The van der Waals surface area contributed by atoms with E-state index in [1.54, 1.807) is 46.2 Å². The second-order valence-electron chi connectivity index (χ2n) is 12.2. The molecular formula is C32H44ClN3O9. The van der Waals surface area contributed by atoms with Crippen molar-refractivity contribution in [2.45, 2.75) is 88.7 Å². The smallest absolute Gasteiger partial charge is 0.409 e. The number of hydrogen-bond donors (Lipinski definition) is 3. The third-order valence-electron chi connectivity index (χ3n) is 9.00. The molecule has 2 amide bonds. The number of carbonyl (C=O) groups excluding carboxylic acids is 3. The molecule has 12 nitrogen and oxygen atoms in total. The number of methoxy groups -OCH3 is 2. The molecule has 0 aliphatic carbocycles. The number of amides is 2. The summed E-state index contributed by atoms with van der Waals surface area (Å²) in [5.74, 6) is -0.974. The van der Waals surface area contributed by atoms with Crippen LogP contribution in [0.3, 0.4) is 0 Å². The average molecular weight is 650 g/mol. The molecule has 4 bridgehead atoms. The van der Waals surface area contributed by atoms with Gasteiger partial charge in [0.05, 0.1) is 25.3 Å². The number of nitrogens with one attached hydrogen (secondary N) is 2. The van der Waals surface area contributed by atoms with E-state index in [4.69, 9.17) is 35.3 Å². The van der Waals surface area contributed by atoms with E-state index >= 15 is 0 Å². The summed E-state index contributed by atoms with van der Waals surface area (Å²) >= 11 is 6.69. The minimum absolute atomic E-state index is 0.00553. The molecule has 2 fully saturated rings. The minimum Gasteiger partial charge on any atom is -0.495 e. The van der Waals surface area contributed by atoms with E-state index in [9.17, 15) is 19.5 Å². The summed E-state index contributed by atoms with van der Waals surface area (Å²) in [6.07, 6.45) is 1.52. The summed E-state index contributed by atoms with van der Waals surface area (Å²) in [6, 6.07) is 2.99. The van der Waals surface area contributed by atoms with E-state index in [2.05, 4.69) is 10.6 Å². The first-order chi connectivity index (χ1) is 21.2. The number of likely N-dealkylation sites (N-methyl/N-ethyl adjacent to an activating group) is 1. The van der Waals surface area contributed by atoms with Gasteiger partial charge in [0.1, 0.15) is 40.7 Å². The standard InChI is InChI=1S/C32H44ClN3O9/c1-17-10-9-11-24(42-8)32(40)16-23(43-30(39)35-32)18(2)28-31(4,45-28)25(44-29(38)19(3)34-5)15-26(37)36(6)21-13-20(12-17)14-22(41-7)27(21)33/h9-11,13-14,18-19,23-25,28,34,40H,12,15-16H2,1-8H3,(H,35,39)/b11-9+,17-10+/t18-,19+,23?,24-,25+,28?,31?,32+/m1/s1. The number of alkyl carbamates (subject to hydrolysis) is 1. The predicted molar refractivity (Wildman–Crippen MR) is 167 cm³/mol. The van der Waals surface area contributed by atoms with Crippen LogP contribution in [0.4, 0.5) is 10.5 Å². The fraction of sp³-hybridized carbons (Fsp3) is 0.594. The number of epoxide rings is 1. The van der Waals surface area contributed by atoms with Crippen LogP contribution >= 0.6 is 11.6 Å². The van der Waals surface area contributed by atoms with Crippen LogP contribution in [0, 0.1) is 5.92 Å². The lowest BCUT2D eigenvalue weighted by molar-refractivity contribution is -0.155. The number of carbonyl (C=O) groups is 3. The molecule has 0 saturated carbocycles. The van der Waals surface area contributed by atoms with Gasteiger partial charge in [0.2, 0.25) is 5.91 Å². The zero-order valence-corrected chi connectivity index (χ0v) is 27.8. The Morgan fingerprint density at radius 3 is 2.64 bits per heavy atom. The van der Waals surface area contributed by atoms with E-state index in [0.717, 1.165) is 11.1 Å². The van der Waals surface area contributed by atoms with E-state index < -0.39 is 59.8 Å². The molecular weight excluding hydrogens is 606 g/mol. The van der Waals surface area contributed by atoms with Crippen molar-refractivity contribution in [1.29, 1.82) is 0 Å². The molecule has 248 valence electrons. The van der Waals surface area contributed by atoms with Gasteiger partial charge < -0.3 is 39.0 Å². The minimum atomic E-state index is -1.78. The lowest BCUT2D eigenvalue weighted by atomic mass is 9.83. The van der Waals surface area contributed by atoms with E-state index in [-0.39, 0.29) is 23.8 Å². The number of anilines is 1. The average Bonchev–Trinajstić information content (AvgIpc) is 3.69. The fourth-order valence-electron chi connectivity index (χ4n) is 5.97. The van der Waals surface area contributed by atoms with Gasteiger partial charge in [0, 0.05) is 26.5 Å². The first kappa shape index (κ1) is 34.7. The Balaban J connectivity index is 1.80. The monoisotopic (exact) mass is 649 g/mol. The maximum absolute atomic E-state index is 13.8. The molecule has 0 aromatic heterocycles. The number of ether oxygens (including phenoxy) is 5. The molecule has 45 heavy (non-hydrogen) atoms. The zero-order chi connectivity index (χ0) is 33.3. The zero-order valence-electron chi connectivity index (χ0n) is 27.0. The van der Waals surface area contributed by atoms with E-state index in [0.29, 0.717) is 17.9 Å². The molecule has 0 spiro atoms. The van der Waals surface area contributed by atoms with Crippen LogP contribution < -0.4 is 20.3 Å².